The molecule has 2 aliphatic carbocycles. The van der Waals surface area contributed by atoms with Gasteiger partial charge in [0.1, 0.15) is 0 Å². The largest absolute Gasteiger partial charge is 0.390 e. The molecule has 0 aliphatic heterocycles. The van der Waals surface area contributed by atoms with Gasteiger partial charge < -0.3 is 5.11 Å². The van der Waals surface area contributed by atoms with Gasteiger partial charge in [-0.25, -0.2) is 0 Å². The predicted octanol–water partition coefficient (Wildman–Crippen LogP) is 3.78. The molecule has 0 bridgehead atoms. The zero-order valence-electron chi connectivity index (χ0n) is 11.2. The Morgan fingerprint density at radius 3 is 2.56 bits per heavy atom. The van der Waals surface area contributed by atoms with Crippen molar-refractivity contribution in [2.45, 2.75) is 59.0 Å². The van der Waals surface area contributed by atoms with Gasteiger partial charge >= 0.3 is 0 Å². The fraction of sp³-hybridized carbons (Fsp3) is 0.867. The highest BCUT2D eigenvalue weighted by molar-refractivity contribution is 5.17. The second-order valence-corrected chi connectivity index (χ2v) is 6.52. The third-order valence-corrected chi connectivity index (χ3v) is 4.92. The summed E-state index contributed by atoms with van der Waals surface area (Å²) >= 11 is 0. The molecule has 0 aromatic rings. The molecule has 0 saturated heterocycles. The van der Waals surface area contributed by atoms with E-state index in [0.29, 0.717) is 11.8 Å². The third-order valence-electron chi connectivity index (χ3n) is 4.92. The number of aliphatic hydroxyl groups is 1. The Bertz CT molecular complexity index is 284. The Morgan fingerprint density at radius 1 is 1.25 bits per heavy atom. The molecular weight excluding hydrogens is 196 g/mol. The first-order valence-electron chi connectivity index (χ1n) is 6.82. The van der Waals surface area contributed by atoms with Crippen LogP contribution in [0.4, 0.5) is 0 Å². The maximum absolute atomic E-state index is 10.3. The first-order chi connectivity index (χ1) is 7.41. The first-order valence-corrected chi connectivity index (χ1v) is 6.82. The zero-order valence-corrected chi connectivity index (χ0v) is 11.2. The molecule has 2 rings (SSSR count). The monoisotopic (exact) mass is 222 g/mol. The van der Waals surface area contributed by atoms with E-state index in [0.717, 1.165) is 11.8 Å². The van der Waals surface area contributed by atoms with E-state index in [1.54, 1.807) is 5.57 Å². The van der Waals surface area contributed by atoms with Gasteiger partial charge in [-0.3, -0.25) is 0 Å². The highest BCUT2D eigenvalue weighted by Gasteiger charge is 2.42. The molecule has 4 unspecified atom stereocenters. The van der Waals surface area contributed by atoms with Gasteiger partial charge in [0.2, 0.25) is 0 Å². The molecule has 2 aliphatic rings. The van der Waals surface area contributed by atoms with Gasteiger partial charge in [0, 0.05) is 0 Å². The second-order valence-electron chi connectivity index (χ2n) is 6.52. The highest BCUT2D eigenvalue weighted by Crippen LogP contribution is 2.48. The summed E-state index contributed by atoms with van der Waals surface area (Å²) in [6, 6.07) is 0. The first kappa shape index (κ1) is 12.2. The average molecular weight is 222 g/mol. The predicted molar refractivity (Wildman–Crippen MR) is 68.2 cm³/mol. The molecule has 92 valence electrons. The molecule has 0 radical (unpaired) electrons. The van der Waals surface area contributed by atoms with E-state index in [1.807, 2.05) is 13.8 Å². The highest BCUT2D eigenvalue weighted by atomic mass is 16.3. The van der Waals surface area contributed by atoms with Crippen LogP contribution in [0.1, 0.15) is 53.4 Å². The lowest BCUT2D eigenvalue weighted by Crippen LogP contribution is -2.43. The molecule has 1 heteroatoms. The van der Waals surface area contributed by atoms with Crippen LogP contribution < -0.4 is 0 Å². The molecule has 4 atom stereocenters. The number of hydrogen-bond donors (Lipinski definition) is 1. The smallest absolute Gasteiger partial charge is 0.0622 e. The zero-order chi connectivity index (χ0) is 11.9. The van der Waals surface area contributed by atoms with E-state index in [-0.39, 0.29) is 0 Å². The summed E-state index contributed by atoms with van der Waals surface area (Å²) in [5, 5.41) is 10.3. The van der Waals surface area contributed by atoms with Crippen LogP contribution in [-0.2, 0) is 0 Å². The van der Waals surface area contributed by atoms with Crippen molar-refractivity contribution in [3.63, 3.8) is 0 Å². The van der Waals surface area contributed by atoms with Gasteiger partial charge in [0.05, 0.1) is 5.60 Å². The van der Waals surface area contributed by atoms with Gasteiger partial charge in [0.25, 0.3) is 0 Å². The Labute approximate surface area is 99.9 Å². The SMILES string of the molecule is CC1CCC=C2CCC(C(C)(C)O)C(C)C21. The quantitative estimate of drug-likeness (QED) is 0.669. The van der Waals surface area contributed by atoms with Crippen molar-refractivity contribution in [2.75, 3.05) is 0 Å². The van der Waals surface area contributed by atoms with E-state index >= 15 is 0 Å². The minimum atomic E-state index is -0.512. The molecule has 16 heavy (non-hydrogen) atoms. The van der Waals surface area contributed by atoms with E-state index in [9.17, 15) is 5.11 Å². The van der Waals surface area contributed by atoms with Crippen LogP contribution in [0.5, 0.6) is 0 Å². The fourth-order valence-corrected chi connectivity index (χ4v) is 4.17. The van der Waals surface area contributed by atoms with Crippen molar-refractivity contribution in [3.8, 4) is 0 Å². The summed E-state index contributed by atoms with van der Waals surface area (Å²) in [5.41, 5.74) is 1.18. The van der Waals surface area contributed by atoms with Crippen molar-refractivity contribution in [3.05, 3.63) is 11.6 Å². The van der Waals surface area contributed by atoms with Crippen LogP contribution in [0.2, 0.25) is 0 Å². The summed E-state index contributed by atoms with van der Waals surface area (Å²) < 4.78 is 0. The number of allylic oxidation sites excluding steroid dienone is 2. The summed E-state index contributed by atoms with van der Waals surface area (Å²) in [7, 11) is 0. The van der Waals surface area contributed by atoms with Crippen LogP contribution >= 0.6 is 0 Å². The Balaban J connectivity index is 2.22. The van der Waals surface area contributed by atoms with E-state index in [4.69, 9.17) is 0 Å². The molecule has 0 spiro atoms. The molecule has 0 aromatic heterocycles. The maximum Gasteiger partial charge on any atom is 0.0622 e. The standard InChI is InChI=1S/C15H26O/c1-10-6-5-7-12-8-9-13(15(3,4)16)11(2)14(10)12/h7,10-11,13-14,16H,5-6,8-9H2,1-4H3. The van der Waals surface area contributed by atoms with E-state index in [1.165, 1.54) is 25.7 Å². The Kier molecular flexibility index (Phi) is 3.18. The summed E-state index contributed by atoms with van der Waals surface area (Å²) in [5.74, 6) is 2.64. The summed E-state index contributed by atoms with van der Waals surface area (Å²) in [4.78, 5) is 0. The van der Waals surface area contributed by atoms with Gasteiger partial charge in [0.15, 0.2) is 0 Å². The molecule has 0 aromatic carbocycles. The van der Waals surface area contributed by atoms with E-state index < -0.39 is 5.60 Å². The van der Waals surface area contributed by atoms with Crippen LogP contribution in [0.15, 0.2) is 11.6 Å². The average Bonchev–Trinajstić information content (AvgIpc) is 2.16. The Hall–Kier alpha value is -0.300. The van der Waals surface area contributed by atoms with Crippen LogP contribution in [0.25, 0.3) is 0 Å². The van der Waals surface area contributed by atoms with Crippen LogP contribution in [-0.4, -0.2) is 10.7 Å². The molecular formula is C15H26O. The molecule has 1 saturated carbocycles. The van der Waals surface area contributed by atoms with Gasteiger partial charge in [-0.05, 0) is 63.2 Å². The molecule has 1 nitrogen and oxygen atoms in total. The van der Waals surface area contributed by atoms with Crippen molar-refractivity contribution in [1.82, 2.24) is 0 Å². The van der Waals surface area contributed by atoms with E-state index in [2.05, 4.69) is 19.9 Å². The van der Waals surface area contributed by atoms with Crippen molar-refractivity contribution < 1.29 is 5.11 Å². The summed E-state index contributed by atoms with van der Waals surface area (Å²) in [6.45, 7) is 8.70. The van der Waals surface area contributed by atoms with Gasteiger partial charge in [-0.15, -0.1) is 0 Å². The number of fused-ring (bicyclic) bond motifs is 1. The van der Waals surface area contributed by atoms with Crippen molar-refractivity contribution in [1.29, 1.82) is 0 Å². The van der Waals surface area contributed by atoms with Crippen molar-refractivity contribution in [2.24, 2.45) is 23.7 Å². The maximum atomic E-state index is 10.3. The number of rotatable bonds is 1. The third kappa shape index (κ3) is 2.07. The minimum absolute atomic E-state index is 0.468. The van der Waals surface area contributed by atoms with Crippen LogP contribution in [0, 0.1) is 23.7 Å². The normalized spacial score (nSPS) is 40.2. The fourth-order valence-electron chi connectivity index (χ4n) is 4.17. The van der Waals surface area contributed by atoms with Gasteiger partial charge in [-0.1, -0.05) is 25.5 Å². The van der Waals surface area contributed by atoms with Crippen LogP contribution in [0.3, 0.4) is 0 Å². The topological polar surface area (TPSA) is 20.2 Å². The second kappa shape index (κ2) is 4.18. The molecule has 1 N–H and O–H groups in total. The van der Waals surface area contributed by atoms with Crippen molar-refractivity contribution >= 4 is 0 Å². The summed E-state index contributed by atoms with van der Waals surface area (Å²) in [6.07, 6.45) is 7.46. The lowest BCUT2D eigenvalue weighted by molar-refractivity contribution is -0.0367. The molecule has 0 amide bonds. The molecule has 1 fully saturated rings. The lowest BCUT2D eigenvalue weighted by Gasteiger charge is -2.47. The number of hydrogen-bond acceptors (Lipinski definition) is 1. The minimum Gasteiger partial charge on any atom is -0.390 e. The van der Waals surface area contributed by atoms with Gasteiger partial charge in [-0.2, -0.15) is 0 Å². The lowest BCUT2D eigenvalue weighted by atomic mass is 9.60. The Morgan fingerprint density at radius 2 is 1.94 bits per heavy atom. The molecule has 0 heterocycles.